The van der Waals surface area contributed by atoms with Crippen molar-refractivity contribution in [1.82, 2.24) is 5.32 Å². The second-order valence-corrected chi connectivity index (χ2v) is 8.14. The summed E-state index contributed by atoms with van der Waals surface area (Å²) in [5.41, 5.74) is -2.64. The Morgan fingerprint density at radius 1 is 1.25 bits per heavy atom. The van der Waals surface area contributed by atoms with E-state index in [0.717, 1.165) is 0 Å². The Morgan fingerprint density at radius 3 is 2.39 bits per heavy atom. The van der Waals surface area contributed by atoms with Gasteiger partial charge in [-0.2, -0.15) is 0 Å². The van der Waals surface area contributed by atoms with Gasteiger partial charge in [-0.1, -0.05) is 36.2 Å². The molecule has 2 unspecified atom stereocenters. The monoisotopic (exact) mass is 431 g/mol. The van der Waals surface area contributed by atoms with Gasteiger partial charge in [-0.15, -0.1) is 6.58 Å². The van der Waals surface area contributed by atoms with Crippen molar-refractivity contribution in [2.75, 3.05) is 0 Å². The number of nitrogens with one attached hydrogen (secondary N) is 1. The van der Waals surface area contributed by atoms with Crippen LogP contribution in [-0.4, -0.2) is 29.5 Å². The summed E-state index contributed by atoms with van der Waals surface area (Å²) in [5.74, 6) is -0.642. The van der Waals surface area contributed by atoms with Crippen LogP contribution in [0.25, 0.3) is 0 Å². The molecule has 0 saturated heterocycles. The molecule has 2 atom stereocenters. The SMILES string of the molecule is C=CCC(CC)OC(=O)C(C)(NC(=O)OC(C)(C)C)Oc1ccc(Cl)cc1Cl. The van der Waals surface area contributed by atoms with Gasteiger partial charge in [0.15, 0.2) is 0 Å². The third kappa shape index (κ3) is 7.60. The van der Waals surface area contributed by atoms with Gasteiger partial charge < -0.3 is 14.2 Å². The molecule has 1 amide bonds. The van der Waals surface area contributed by atoms with E-state index in [0.29, 0.717) is 17.9 Å². The van der Waals surface area contributed by atoms with Crippen molar-refractivity contribution >= 4 is 35.3 Å². The first kappa shape index (κ1) is 24.1. The number of hydrogen-bond donors (Lipinski definition) is 1. The Bertz CT molecular complexity index is 717. The number of carbonyl (C=O) groups is 2. The second kappa shape index (κ2) is 10.0. The van der Waals surface area contributed by atoms with Gasteiger partial charge in [0.05, 0.1) is 5.02 Å². The minimum absolute atomic E-state index is 0.151. The van der Waals surface area contributed by atoms with Gasteiger partial charge in [0.2, 0.25) is 0 Å². The number of rotatable bonds is 8. The molecule has 1 aromatic rings. The van der Waals surface area contributed by atoms with Crippen molar-refractivity contribution in [1.29, 1.82) is 0 Å². The molecule has 1 rings (SSSR count). The van der Waals surface area contributed by atoms with Gasteiger partial charge in [0.1, 0.15) is 17.5 Å². The molecule has 0 saturated carbocycles. The molecule has 0 aliphatic heterocycles. The molecule has 0 aliphatic rings. The van der Waals surface area contributed by atoms with E-state index in [9.17, 15) is 9.59 Å². The molecule has 1 N–H and O–H groups in total. The van der Waals surface area contributed by atoms with Gasteiger partial charge in [-0.25, -0.2) is 9.59 Å². The zero-order chi connectivity index (χ0) is 21.5. The predicted molar refractivity (Wildman–Crippen MR) is 110 cm³/mol. The molecule has 28 heavy (non-hydrogen) atoms. The number of alkyl carbamates (subject to hydrolysis) is 1. The van der Waals surface area contributed by atoms with E-state index >= 15 is 0 Å². The molecule has 156 valence electrons. The van der Waals surface area contributed by atoms with Crippen molar-refractivity contribution in [3.05, 3.63) is 40.9 Å². The van der Waals surface area contributed by atoms with Gasteiger partial charge in [0, 0.05) is 18.4 Å². The van der Waals surface area contributed by atoms with Crippen LogP contribution in [0.1, 0.15) is 47.5 Å². The minimum Gasteiger partial charge on any atom is -0.458 e. The quantitative estimate of drug-likeness (QED) is 0.333. The Hall–Kier alpha value is -1.92. The molecular formula is C20H27Cl2NO5. The number of amides is 1. The molecular weight excluding hydrogens is 405 g/mol. The van der Waals surface area contributed by atoms with E-state index in [4.69, 9.17) is 37.4 Å². The van der Waals surface area contributed by atoms with E-state index in [1.54, 1.807) is 32.9 Å². The van der Waals surface area contributed by atoms with Crippen LogP contribution in [0, 0.1) is 0 Å². The van der Waals surface area contributed by atoms with Crippen molar-refractivity contribution in [3.8, 4) is 5.75 Å². The zero-order valence-electron chi connectivity index (χ0n) is 16.8. The molecule has 0 aromatic heterocycles. The highest BCUT2D eigenvalue weighted by Gasteiger charge is 2.42. The van der Waals surface area contributed by atoms with Crippen molar-refractivity contribution < 1.29 is 23.8 Å². The van der Waals surface area contributed by atoms with Crippen molar-refractivity contribution in [3.63, 3.8) is 0 Å². The van der Waals surface area contributed by atoms with Crippen LogP contribution in [0.2, 0.25) is 10.0 Å². The maximum Gasteiger partial charge on any atom is 0.411 e. The molecule has 0 radical (unpaired) electrons. The number of hydrogen-bond acceptors (Lipinski definition) is 5. The molecule has 0 fully saturated rings. The first-order valence-electron chi connectivity index (χ1n) is 8.87. The van der Waals surface area contributed by atoms with Crippen LogP contribution in [0.15, 0.2) is 30.9 Å². The lowest BCUT2D eigenvalue weighted by Crippen LogP contribution is -2.58. The van der Waals surface area contributed by atoms with Crippen LogP contribution in [0.5, 0.6) is 5.75 Å². The van der Waals surface area contributed by atoms with Gasteiger partial charge in [-0.3, -0.25) is 5.32 Å². The average Bonchev–Trinajstić information content (AvgIpc) is 2.55. The summed E-state index contributed by atoms with van der Waals surface area (Å²) < 4.78 is 16.5. The summed E-state index contributed by atoms with van der Waals surface area (Å²) in [4.78, 5) is 25.2. The predicted octanol–water partition coefficient (Wildman–Crippen LogP) is 5.51. The van der Waals surface area contributed by atoms with Crippen molar-refractivity contribution in [2.24, 2.45) is 0 Å². The Labute approximate surface area is 176 Å². The summed E-state index contributed by atoms with van der Waals surface area (Å²) in [6, 6.07) is 4.51. The minimum atomic E-state index is -1.88. The molecule has 1 aromatic carbocycles. The van der Waals surface area contributed by atoms with E-state index in [1.165, 1.54) is 19.1 Å². The van der Waals surface area contributed by atoms with E-state index in [-0.39, 0.29) is 10.8 Å². The molecule has 8 heteroatoms. The first-order chi connectivity index (χ1) is 12.9. The maximum atomic E-state index is 12.9. The largest absolute Gasteiger partial charge is 0.458 e. The van der Waals surface area contributed by atoms with Crippen LogP contribution >= 0.6 is 23.2 Å². The summed E-state index contributed by atoms with van der Waals surface area (Å²) in [5, 5.41) is 3.01. The van der Waals surface area contributed by atoms with Gasteiger partial charge in [-0.05, 0) is 45.4 Å². The highest BCUT2D eigenvalue weighted by Crippen LogP contribution is 2.30. The molecule has 6 nitrogen and oxygen atoms in total. The fourth-order valence-corrected chi connectivity index (χ4v) is 2.59. The van der Waals surface area contributed by atoms with Gasteiger partial charge in [0.25, 0.3) is 5.72 Å². The lowest BCUT2D eigenvalue weighted by molar-refractivity contribution is -0.169. The smallest absolute Gasteiger partial charge is 0.411 e. The van der Waals surface area contributed by atoms with Crippen LogP contribution in [0.4, 0.5) is 4.79 Å². The highest BCUT2D eigenvalue weighted by atomic mass is 35.5. The fourth-order valence-electron chi connectivity index (χ4n) is 2.14. The second-order valence-electron chi connectivity index (χ2n) is 7.30. The third-order valence-electron chi connectivity index (χ3n) is 3.50. The number of halogens is 2. The molecule has 0 heterocycles. The molecule has 0 spiro atoms. The Balaban J connectivity index is 3.14. The average molecular weight is 432 g/mol. The fraction of sp³-hybridized carbons (Fsp3) is 0.500. The number of esters is 1. The summed E-state index contributed by atoms with van der Waals surface area (Å²) in [6.07, 6.45) is 1.44. The molecule has 0 bridgehead atoms. The van der Waals surface area contributed by atoms with E-state index < -0.39 is 29.5 Å². The van der Waals surface area contributed by atoms with Crippen LogP contribution < -0.4 is 10.1 Å². The highest BCUT2D eigenvalue weighted by molar-refractivity contribution is 6.35. The first-order valence-corrected chi connectivity index (χ1v) is 9.63. The lowest BCUT2D eigenvalue weighted by atomic mass is 10.2. The van der Waals surface area contributed by atoms with Crippen LogP contribution in [-0.2, 0) is 14.3 Å². The topological polar surface area (TPSA) is 73.9 Å². The van der Waals surface area contributed by atoms with Gasteiger partial charge >= 0.3 is 12.1 Å². The van der Waals surface area contributed by atoms with E-state index in [1.807, 2.05) is 6.92 Å². The third-order valence-corrected chi connectivity index (χ3v) is 4.03. The van der Waals surface area contributed by atoms with Crippen molar-refractivity contribution in [2.45, 2.75) is 64.9 Å². The maximum absolute atomic E-state index is 12.9. The number of benzene rings is 1. The number of ether oxygens (including phenoxy) is 3. The summed E-state index contributed by atoms with van der Waals surface area (Å²) in [6.45, 7) is 12.0. The number of carbonyl (C=O) groups excluding carboxylic acids is 2. The van der Waals surface area contributed by atoms with E-state index in [2.05, 4.69) is 11.9 Å². The molecule has 0 aliphatic carbocycles. The summed E-state index contributed by atoms with van der Waals surface area (Å²) in [7, 11) is 0. The zero-order valence-corrected chi connectivity index (χ0v) is 18.3. The lowest BCUT2D eigenvalue weighted by Gasteiger charge is -2.32. The normalized spacial score (nSPS) is 14.4. The Kier molecular flexibility index (Phi) is 8.64. The van der Waals surface area contributed by atoms with Crippen LogP contribution in [0.3, 0.4) is 0 Å². The standard InChI is InChI=1S/C20H27Cl2NO5/c1-7-9-14(8-2)26-17(24)20(6,23-18(25)28-19(3,4)5)27-16-11-10-13(21)12-15(16)22/h7,10-12,14H,1,8-9H2,2-6H3,(H,23,25). The Morgan fingerprint density at radius 2 is 1.89 bits per heavy atom. The summed E-state index contributed by atoms with van der Waals surface area (Å²) >= 11 is 12.0.